The Labute approximate surface area is 114 Å². The molecule has 0 spiro atoms. The smallest absolute Gasteiger partial charge is 0.240 e. The molecule has 1 fully saturated rings. The summed E-state index contributed by atoms with van der Waals surface area (Å²) in [7, 11) is 2.17. The van der Waals surface area contributed by atoms with Crippen LogP contribution in [0, 0.1) is 0 Å². The van der Waals surface area contributed by atoms with Crippen LogP contribution in [-0.4, -0.2) is 52.7 Å². The van der Waals surface area contributed by atoms with E-state index in [1.54, 1.807) is 0 Å². The molecule has 0 aliphatic carbocycles. The number of likely N-dealkylation sites (N-methyl/N-ethyl adjacent to an activating group) is 1. The molecule has 1 aliphatic rings. The predicted octanol–water partition coefficient (Wildman–Crippen LogP) is 0.789. The van der Waals surface area contributed by atoms with Gasteiger partial charge in [0.05, 0.1) is 12.1 Å². The lowest BCUT2D eigenvalue weighted by Crippen LogP contribution is -2.37. The molecule has 1 unspecified atom stereocenters. The predicted molar refractivity (Wildman–Crippen MR) is 73.5 cm³/mol. The van der Waals surface area contributed by atoms with Crippen molar-refractivity contribution in [1.82, 2.24) is 19.9 Å². The molecule has 0 bridgehead atoms. The van der Waals surface area contributed by atoms with Crippen molar-refractivity contribution in [2.45, 2.75) is 45.3 Å². The molecule has 2 rings (SSSR count). The Balaban J connectivity index is 2.02. The summed E-state index contributed by atoms with van der Waals surface area (Å²) in [6, 6.07) is 0.494. The number of aromatic nitrogens is 2. The van der Waals surface area contributed by atoms with E-state index in [1.807, 2.05) is 13.8 Å². The van der Waals surface area contributed by atoms with Gasteiger partial charge in [0.25, 0.3) is 0 Å². The Morgan fingerprint density at radius 1 is 1.42 bits per heavy atom. The number of nitrogens with two attached hydrogens (primary N) is 1. The van der Waals surface area contributed by atoms with Crippen LogP contribution in [0.25, 0.3) is 0 Å². The highest BCUT2D eigenvalue weighted by atomic mass is 16.5. The Hall–Kier alpha value is -0.980. The molecular weight excluding hydrogens is 242 g/mol. The van der Waals surface area contributed by atoms with Crippen LogP contribution < -0.4 is 5.73 Å². The quantitative estimate of drug-likeness (QED) is 0.873. The van der Waals surface area contributed by atoms with E-state index in [1.165, 1.54) is 6.42 Å². The van der Waals surface area contributed by atoms with Gasteiger partial charge in [-0.1, -0.05) is 5.16 Å². The van der Waals surface area contributed by atoms with Crippen LogP contribution in [0.5, 0.6) is 0 Å². The van der Waals surface area contributed by atoms with Gasteiger partial charge in [0.2, 0.25) is 5.89 Å². The van der Waals surface area contributed by atoms with E-state index in [-0.39, 0.29) is 0 Å². The topological polar surface area (TPSA) is 71.4 Å². The third-order valence-electron chi connectivity index (χ3n) is 3.57. The van der Waals surface area contributed by atoms with Gasteiger partial charge < -0.3 is 15.2 Å². The van der Waals surface area contributed by atoms with Gasteiger partial charge in [0.1, 0.15) is 0 Å². The van der Waals surface area contributed by atoms with Gasteiger partial charge in [-0.3, -0.25) is 4.90 Å². The van der Waals surface area contributed by atoms with Crippen molar-refractivity contribution in [2.75, 3.05) is 26.7 Å². The highest BCUT2D eigenvalue weighted by Gasteiger charge is 2.24. The van der Waals surface area contributed by atoms with E-state index in [2.05, 4.69) is 33.9 Å². The Morgan fingerprint density at radius 2 is 2.16 bits per heavy atom. The van der Waals surface area contributed by atoms with Crippen molar-refractivity contribution in [3.63, 3.8) is 0 Å². The summed E-state index contributed by atoms with van der Waals surface area (Å²) in [5.74, 6) is 1.23. The van der Waals surface area contributed by atoms with Gasteiger partial charge in [-0.2, -0.15) is 4.98 Å². The third kappa shape index (κ3) is 3.75. The minimum atomic E-state index is -0.549. The largest absolute Gasteiger partial charge is 0.338 e. The van der Waals surface area contributed by atoms with Gasteiger partial charge in [-0.05, 0) is 40.8 Å². The fourth-order valence-electron chi connectivity index (χ4n) is 2.41. The molecule has 2 heterocycles. The van der Waals surface area contributed by atoms with Crippen LogP contribution in [-0.2, 0) is 12.1 Å². The summed E-state index contributed by atoms with van der Waals surface area (Å²) in [5, 5.41) is 3.97. The summed E-state index contributed by atoms with van der Waals surface area (Å²) in [6.07, 6.45) is 1.17. The van der Waals surface area contributed by atoms with Crippen molar-refractivity contribution in [3.05, 3.63) is 11.7 Å². The molecule has 2 N–H and O–H groups in total. The van der Waals surface area contributed by atoms with Crippen molar-refractivity contribution >= 4 is 0 Å². The number of nitrogens with zero attached hydrogens (tertiary/aromatic N) is 4. The maximum absolute atomic E-state index is 5.97. The standard InChI is InChI=1S/C13H25N5O/c1-10-8-17(4)6-5-7-18(10)9-11-15-12(16-19-11)13(2,3)14/h10H,5-9,14H2,1-4H3. The first-order valence-electron chi connectivity index (χ1n) is 6.91. The molecule has 0 radical (unpaired) electrons. The molecular formula is C13H25N5O. The first kappa shape index (κ1) is 14.4. The van der Waals surface area contributed by atoms with Gasteiger partial charge in [0.15, 0.2) is 5.82 Å². The van der Waals surface area contributed by atoms with Crippen LogP contribution in [0.2, 0.25) is 0 Å². The second-order valence-electron chi connectivity index (χ2n) is 6.17. The number of rotatable bonds is 3. The van der Waals surface area contributed by atoms with Crippen molar-refractivity contribution in [2.24, 2.45) is 5.73 Å². The maximum Gasteiger partial charge on any atom is 0.240 e. The highest BCUT2D eigenvalue weighted by molar-refractivity contribution is 4.99. The maximum atomic E-state index is 5.97. The third-order valence-corrected chi connectivity index (χ3v) is 3.57. The van der Waals surface area contributed by atoms with Crippen LogP contribution in [0.3, 0.4) is 0 Å². The molecule has 6 nitrogen and oxygen atoms in total. The summed E-state index contributed by atoms with van der Waals surface area (Å²) in [6.45, 7) is 9.99. The summed E-state index contributed by atoms with van der Waals surface area (Å²) in [4.78, 5) is 9.16. The lowest BCUT2D eigenvalue weighted by Gasteiger charge is -2.26. The molecule has 1 aliphatic heterocycles. The first-order chi connectivity index (χ1) is 8.86. The Kier molecular flexibility index (Phi) is 4.23. The summed E-state index contributed by atoms with van der Waals surface area (Å²) < 4.78 is 5.31. The minimum absolute atomic E-state index is 0.494. The fraction of sp³-hybridized carbons (Fsp3) is 0.846. The van der Waals surface area contributed by atoms with Crippen LogP contribution in [0.1, 0.15) is 38.9 Å². The molecule has 1 aromatic rings. The molecule has 0 saturated carbocycles. The molecule has 19 heavy (non-hydrogen) atoms. The second kappa shape index (κ2) is 5.56. The lowest BCUT2D eigenvalue weighted by atomic mass is 10.1. The number of hydrogen-bond acceptors (Lipinski definition) is 6. The first-order valence-corrected chi connectivity index (χ1v) is 6.91. The number of hydrogen-bond donors (Lipinski definition) is 1. The monoisotopic (exact) mass is 267 g/mol. The molecule has 1 saturated heterocycles. The average Bonchev–Trinajstić information content (AvgIpc) is 2.69. The summed E-state index contributed by atoms with van der Waals surface area (Å²) >= 11 is 0. The van der Waals surface area contributed by atoms with Crippen molar-refractivity contribution in [1.29, 1.82) is 0 Å². The normalized spacial score (nSPS) is 23.5. The molecule has 1 aromatic heterocycles. The van der Waals surface area contributed by atoms with E-state index in [4.69, 9.17) is 10.3 Å². The zero-order valence-electron chi connectivity index (χ0n) is 12.4. The van der Waals surface area contributed by atoms with Gasteiger partial charge >= 0.3 is 0 Å². The minimum Gasteiger partial charge on any atom is -0.338 e. The molecule has 1 atom stereocenters. The summed E-state index contributed by atoms with van der Waals surface area (Å²) in [5.41, 5.74) is 5.42. The van der Waals surface area contributed by atoms with Crippen LogP contribution in [0.4, 0.5) is 0 Å². The average molecular weight is 267 g/mol. The molecule has 0 amide bonds. The van der Waals surface area contributed by atoms with Gasteiger partial charge in [-0.15, -0.1) is 0 Å². The highest BCUT2D eigenvalue weighted by Crippen LogP contribution is 2.16. The van der Waals surface area contributed by atoms with E-state index in [9.17, 15) is 0 Å². The fourth-order valence-corrected chi connectivity index (χ4v) is 2.41. The van der Waals surface area contributed by atoms with Crippen molar-refractivity contribution in [3.8, 4) is 0 Å². The second-order valence-corrected chi connectivity index (χ2v) is 6.17. The Morgan fingerprint density at radius 3 is 2.79 bits per heavy atom. The van der Waals surface area contributed by atoms with E-state index in [0.29, 0.717) is 24.3 Å². The zero-order chi connectivity index (χ0) is 14.0. The molecule has 6 heteroatoms. The molecule has 0 aromatic carbocycles. The molecule has 108 valence electrons. The Bertz CT molecular complexity index is 411. The zero-order valence-corrected chi connectivity index (χ0v) is 12.4. The van der Waals surface area contributed by atoms with E-state index < -0.39 is 5.54 Å². The van der Waals surface area contributed by atoms with E-state index >= 15 is 0 Å². The van der Waals surface area contributed by atoms with Crippen LogP contribution >= 0.6 is 0 Å². The van der Waals surface area contributed by atoms with Crippen molar-refractivity contribution < 1.29 is 4.52 Å². The lowest BCUT2D eigenvalue weighted by molar-refractivity contribution is 0.172. The SMILES string of the molecule is CC1CN(C)CCCN1Cc1nc(C(C)(C)N)no1. The van der Waals surface area contributed by atoms with Crippen LogP contribution in [0.15, 0.2) is 4.52 Å². The van der Waals surface area contributed by atoms with E-state index in [0.717, 1.165) is 19.6 Å². The van der Waals surface area contributed by atoms with Gasteiger partial charge in [-0.25, -0.2) is 0 Å². The van der Waals surface area contributed by atoms with Gasteiger partial charge in [0, 0.05) is 19.1 Å².